The summed E-state index contributed by atoms with van der Waals surface area (Å²) in [4.78, 5) is 26.6. The number of carboxylic acid groups (broad SMARTS) is 1. The van der Waals surface area contributed by atoms with Gasteiger partial charge >= 0.3 is 5.97 Å². The molecular formula is C11H10N4O3. The van der Waals surface area contributed by atoms with Crippen molar-refractivity contribution >= 4 is 17.7 Å². The number of pyridine rings is 1. The molecule has 0 saturated carbocycles. The third-order valence-electron chi connectivity index (χ3n) is 2.30. The van der Waals surface area contributed by atoms with Gasteiger partial charge < -0.3 is 10.4 Å². The van der Waals surface area contributed by atoms with Crippen LogP contribution in [0.25, 0.3) is 0 Å². The standard InChI is InChI=1S/C11H10N4O3/c1-15-9(7(6-13-15)11(17)18)14-10(16)8-4-2-3-5-12-8/h2-6H,1H3,(H,14,16)(H,17,18). The van der Waals surface area contributed by atoms with Crippen molar-refractivity contribution in [3.05, 3.63) is 41.9 Å². The lowest BCUT2D eigenvalue weighted by Gasteiger charge is -2.05. The lowest BCUT2D eigenvalue weighted by atomic mass is 10.3. The van der Waals surface area contributed by atoms with E-state index in [4.69, 9.17) is 5.11 Å². The predicted octanol–water partition coefficient (Wildman–Crippen LogP) is 0.766. The van der Waals surface area contributed by atoms with Crippen LogP contribution in [0, 0.1) is 0 Å². The Balaban J connectivity index is 2.27. The molecule has 0 aliphatic heterocycles. The van der Waals surface area contributed by atoms with Crippen molar-refractivity contribution in [3.63, 3.8) is 0 Å². The Kier molecular flexibility index (Phi) is 3.05. The maximum Gasteiger partial charge on any atom is 0.341 e. The highest BCUT2D eigenvalue weighted by molar-refractivity contribution is 6.05. The molecule has 2 heterocycles. The molecule has 2 N–H and O–H groups in total. The molecule has 0 fully saturated rings. The molecule has 0 aromatic carbocycles. The van der Waals surface area contributed by atoms with Crippen LogP contribution < -0.4 is 5.32 Å². The van der Waals surface area contributed by atoms with Crippen LogP contribution in [0.3, 0.4) is 0 Å². The summed E-state index contributed by atoms with van der Waals surface area (Å²) in [6, 6.07) is 4.89. The van der Waals surface area contributed by atoms with Crippen LogP contribution in [-0.2, 0) is 7.05 Å². The van der Waals surface area contributed by atoms with Gasteiger partial charge in [-0.2, -0.15) is 5.10 Å². The normalized spacial score (nSPS) is 10.1. The van der Waals surface area contributed by atoms with Crippen molar-refractivity contribution in [3.8, 4) is 0 Å². The smallest absolute Gasteiger partial charge is 0.341 e. The minimum absolute atomic E-state index is 0.0678. The van der Waals surface area contributed by atoms with Crippen LogP contribution in [0.5, 0.6) is 0 Å². The van der Waals surface area contributed by atoms with Crippen LogP contribution >= 0.6 is 0 Å². The van der Waals surface area contributed by atoms with Gasteiger partial charge in [-0.3, -0.25) is 14.5 Å². The monoisotopic (exact) mass is 246 g/mol. The number of aryl methyl sites for hydroxylation is 1. The molecule has 7 heteroatoms. The van der Waals surface area contributed by atoms with E-state index in [-0.39, 0.29) is 17.1 Å². The van der Waals surface area contributed by atoms with E-state index in [1.807, 2.05) is 0 Å². The molecule has 1 amide bonds. The number of carboxylic acids is 1. The molecular weight excluding hydrogens is 236 g/mol. The zero-order valence-electron chi connectivity index (χ0n) is 9.49. The molecule has 2 rings (SSSR count). The lowest BCUT2D eigenvalue weighted by molar-refractivity contribution is 0.0698. The highest BCUT2D eigenvalue weighted by Crippen LogP contribution is 2.14. The summed E-state index contributed by atoms with van der Waals surface area (Å²) in [6.45, 7) is 0. The van der Waals surface area contributed by atoms with Crippen molar-refractivity contribution in [2.24, 2.45) is 7.05 Å². The highest BCUT2D eigenvalue weighted by atomic mass is 16.4. The number of nitrogens with zero attached hydrogens (tertiary/aromatic N) is 3. The van der Waals surface area contributed by atoms with Crippen LogP contribution in [0.2, 0.25) is 0 Å². The average Bonchev–Trinajstić information content (AvgIpc) is 2.72. The van der Waals surface area contributed by atoms with E-state index in [0.29, 0.717) is 0 Å². The first-order valence-corrected chi connectivity index (χ1v) is 5.07. The first-order chi connectivity index (χ1) is 8.59. The van der Waals surface area contributed by atoms with Gasteiger partial charge in [-0.25, -0.2) is 4.79 Å². The Bertz CT molecular complexity index is 592. The van der Waals surface area contributed by atoms with E-state index in [1.165, 1.54) is 23.1 Å². The van der Waals surface area contributed by atoms with Gasteiger partial charge in [0, 0.05) is 13.2 Å². The Labute approximate surface area is 102 Å². The fourth-order valence-electron chi connectivity index (χ4n) is 1.41. The van der Waals surface area contributed by atoms with Crippen LogP contribution in [0.4, 0.5) is 5.82 Å². The summed E-state index contributed by atoms with van der Waals surface area (Å²) in [6.07, 6.45) is 2.66. The number of carbonyl (C=O) groups excluding carboxylic acids is 1. The number of nitrogens with one attached hydrogen (secondary N) is 1. The SMILES string of the molecule is Cn1ncc(C(=O)O)c1NC(=O)c1ccccn1. The molecule has 0 atom stereocenters. The molecule has 7 nitrogen and oxygen atoms in total. The van der Waals surface area contributed by atoms with Gasteiger partial charge in [0.15, 0.2) is 0 Å². The Morgan fingerprint density at radius 3 is 2.78 bits per heavy atom. The topological polar surface area (TPSA) is 97.1 Å². The molecule has 0 saturated heterocycles. The fraction of sp³-hybridized carbons (Fsp3) is 0.0909. The number of aromatic nitrogens is 3. The van der Waals surface area contributed by atoms with E-state index in [0.717, 1.165) is 0 Å². The molecule has 0 aliphatic carbocycles. The summed E-state index contributed by atoms with van der Waals surface area (Å²) in [5.74, 6) is -1.51. The molecule has 0 aliphatic rings. The van der Waals surface area contributed by atoms with Crippen molar-refractivity contribution < 1.29 is 14.7 Å². The largest absolute Gasteiger partial charge is 0.477 e. The molecule has 18 heavy (non-hydrogen) atoms. The summed E-state index contributed by atoms with van der Waals surface area (Å²) in [7, 11) is 1.54. The van der Waals surface area contributed by atoms with Crippen molar-refractivity contribution in [2.45, 2.75) is 0 Å². The first kappa shape index (κ1) is 11.8. The van der Waals surface area contributed by atoms with Crippen molar-refractivity contribution in [1.29, 1.82) is 0 Å². The lowest BCUT2D eigenvalue weighted by Crippen LogP contribution is -2.17. The van der Waals surface area contributed by atoms with E-state index in [9.17, 15) is 9.59 Å². The number of rotatable bonds is 3. The summed E-state index contributed by atoms with van der Waals surface area (Å²) < 4.78 is 1.28. The van der Waals surface area contributed by atoms with Crippen LogP contribution in [-0.4, -0.2) is 31.7 Å². The second kappa shape index (κ2) is 4.66. The second-order valence-corrected chi connectivity index (χ2v) is 3.50. The third-order valence-corrected chi connectivity index (χ3v) is 2.30. The van der Waals surface area contributed by atoms with Gasteiger partial charge in [0.25, 0.3) is 5.91 Å². The Morgan fingerprint density at radius 1 is 1.39 bits per heavy atom. The van der Waals surface area contributed by atoms with E-state index in [2.05, 4.69) is 15.4 Å². The second-order valence-electron chi connectivity index (χ2n) is 3.50. The van der Waals surface area contributed by atoms with Gasteiger partial charge in [0.05, 0.1) is 6.20 Å². The Hall–Kier alpha value is -2.70. The van der Waals surface area contributed by atoms with Crippen LogP contribution in [0.1, 0.15) is 20.8 Å². The zero-order chi connectivity index (χ0) is 13.1. The maximum atomic E-state index is 11.8. The van der Waals surface area contributed by atoms with Gasteiger partial charge in [-0.15, -0.1) is 0 Å². The predicted molar refractivity (Wildman–Crippen MR) is 62.4 cm³/mol. The van der Waals surface area contributed by atoms with Gasteiger partial charge in [-0.1, -0.05) is 6.07 Å². The molecule has 2 aromatic heterocycles. The molecule has 0 bridgehead atoms. The summed E-state index contributed by atoms with van der Waals surface area (Å²) in [5, 5.41) is 15.2. The minimum atomic E-state index is -1.15. The number of hydrogen-bond donors (Lipinski definition) is 2. The number of carbonyl (C=O) groups is 2. The molecule has 2 aromatic rings. The van der Waals surface area contributed by atoms with Gasteiger partial charge in [0.1, 0.15) is 17.1 Å². The van der Waals surface area contributed by atoms with Gasteiger partial charge in [0.2, 0.25) is 0 Å². The average molecular weight is 246 g/mol. The number of anilines is 1. The van der Waals surface area contributed by atoms with Gasteiger partial charge in [-0.05, 0) is 12.1 Å². The van der Waals surface area contributed by atoms with E-state index >= 15 is 0 Å². The summed E-state index contributed by atoms with van der Waals surface area (Å²) in [5.41, 5.74) is 0.136. The Morgan fingerprint density at radius 2 is 2.17 bits per heavy atom. The molecule has 0 unspecified atom stereocenters. The molecule has 0 radical (unpaired) electrons. The van der Waals surface area contributed by atoms with Crippen molar-refractivity contribution in [2.75, 3.05) is 5.32 Å². The third kappa shape index (κ3) is 2.19. The van der Waals surface area contributed by atoms with E-state index in [1.54, 1.807) is 19.2 Å². The zero-order valence-corrected chi connectivity index (χ0v) is 9.49. The molecule has 92 valence electrons. The van der Waals surface area contributed by atoms with E-state index < -0.39 is 11.9 Å². The maximum absolute atomic E-state index is 11.8. The quantitative estimate of drug-likeness (QED) is 0.833. The highest BCUT2D eigenvalue weighted by Gasteiger charge is 2.18. The van der Waals surface area contributed by atoms with Crippen LogP contribution in [0.15, 0.2) is 30.6 Å². The fourth-order valence-corrected chi connectivity index (χ4v) is 1.41. The minimum Gasteiger partial charge on any atom is -0.477 e. The number of hydrogen-bond acceptors (Lipinski definition) is 4. The molecule has 0 spiro atoms. The number of aromatic carboxylic acids is 1. The first-order valence-electron chi connectivity index (χ1n) is 5.07. The summed E-state index contributed by atoms with van der Waals surface area (Å²) >= 11 is 0. The van der Waals surface area contributed by atoms with Crippen molar-refractivity contribution in [1.82, 2.24) is 14.8 Å². The number of amides is 1.